The second-order valence-corrected chi connectivity index (χ2v) is 13.2. The zero-order valence-electron chi connectivity index (χ0n) is 19.6. The highest BCUT2D eigenvalue weighted by Gasteiger charge is 2.61. The summed E-state index contributed by atoms with van der Waals surface area (Å²) in [5, 5.41) is 1.18. The second kappa shape index (κ2) is 8.91. The quantitative estimate of drug-likeness (QED) is 0.312. The van der Waals surface area contributed by atoms with E-state index in [4.69, 9.17) is 18.9 Å². The van der Waals surface area contributed by atoms with Gasteiger partial charge in [-0.25, -0.2) is 0 Å². The predicted molar refractivity (Wildman–Crippen MR) is 131 cm³/mol. The summed E-state index contributed by atoms with van der Waals surface area (Å²) < 4.78 is 25.0. The van der Waals surface area contributed by atoms with Crippen LogP contribution in [0.5, 0.6) is 0 Å². The van der Waals surface area contributed by atoms with Gasteiger partial charge in [0.15, 0.2) is 0 Å². The van der Waals surface area contributed by atoms with Crippen molar-refractivity contribution in [3.05, 3.63) is 23.3 Å². The number of rotatable bonds is 5. The normalized spacial score (nSPS) is 47.3. The second-order valence-electron chi connectivity index (χ2n) is 10.8. The average Bonchev–Trinajstić information content (AvgIpc) is 3.13. The van der Waals surface area contributed by atoms with Gasteiger partial charge in [-0.05, 0) is 62.4 Å². The summed E-state index contributed by atoms with van der Waals surface area (Å²) in [6, 6.07) is 0. The molecule has 6 heteroatoms. The van der Waals surface area contributed by atoms with Crippen molar-refractivity contribution in [3.8, 4) is 0 Å². The lowest BCUT2D eigenvalue weighted by Gasteiger charge is -2.56. The molecule has 0 aromatic carbocycles. The van der Waals surface area contributed by atoms with E-state index in [-0.39, 0.29) is 29.1 Å². The van der Waals surface area contributed by atoms with E-state index in [9.17, 15) is 0 Å². The number of thioether (sulfide) groups is 2. The largest absolute Gasteiger partial charge is 0.373 e. The summed E-state index contributed by atoms with van der Waals surface area (Å²) in [5.74, 6) is 2.56. The van der Waals surface area contributed by atoms with E-state index in [1.54, 1.807) is 11.1 Å². The smallest absolute Gasteiger partial charge is 0.102 e. The molecule has 6 aliphatic rings. The Kier molecular flexibility index (Phi) is 6.26. The minimum Gasteiger partial charge on any atom is -0.373 e. The van der Waals surface area contributed by atoms with Crippen LogP contribution in [0.25, 0.3) is 0 Å². The zero-order chi connectivity index (χ0) is 21.8. The van der Waals surface area contributed by atoms with Gasteiger partial charge in [0.25, 0.3) is 0 Å². The third-order valence-corrected chi connectivity index (χ3v) is 11.6. The molecule has 0 bridgehead atoms. The number of hydrogen-bond donors (Lipinski definition) is 0. The maximum atomic E-state index is 6.34. The molecule has 0 aromatic heterocycles. The SMILES string of the molecule is CSCSCC[C@]12CC3OCCOC3C=C1CC[C@@H]1C2=CC[C@]2(C)C3OCCOC3C[C@@H]12. The molecule has 4 aliphatic carbocycles. The molecule has 0 spiro atoms. The van der Waals surface area contributed by atoms with Crippen LogP contribution in [-0.4, -0.2) is 67.9 Å². The summed E-state index contributed by atoms with van der Waals surface area (Å²) in [6.45, 7) is 5.48. The molecule has 0 N–H and O–H groups in total. The van der Waals surface area contributed by atoms with Crippen LogP contribution >= 0.6 is 23.5 Å². The van der Waals surface area contributed by atoms with E-state index in [1.165, 1.54) is 36.5 Å². The predicted octanol–water partition coefficient (Wildman–Crippen LogP) is 5.08. The third-order valence-electron chi connectivity index (χ3n) is 9.45. The fraction of sp³-hybridized carbons (Fsp3) is 0.846. The van der Waals surface area contributed by atoms with Crippen LogP contribution in [0, 0.1) is 22.7 Å². The lowest BCUT2D eigenvalue weighted by atomic mass is 9.50. The molecule has 8 atom stereocenters. The van der Waals surface area contributed by atoms with Crippen molar-refractivity contribution in [2.24, 2.45) is 22.7 Å². The molecular weight excluding hydrogens is 440 g/mol. The minimum absolute atomic E-state index is 0.160. The van der Waals surface area contributed by atoms with Crippen LogP contribution in [0.2, 0.25) is 0 Å². The Hall–Kier alpha value is 0.0200. The zero-order valence-corrected chi connectivity index (χ0v) is 21.2. The van der Waals surface area contributed by atoms with Crippen LogP contribution < -0.4 is 0 Å². The Morgan fingerprint density at radius 3 is 2.75 bits per heavy atom. The summed E-state index contributed by atoms with van der Waals surface area (Å²) in [6.07, 6.45) is 15.4. The van der Waals surface area contributed by atoms with E-state index < -0.39 is 0 Å². The molecule has 2 saturated heterocycles. The molecule has 4 fully saturated rings. The molecule has 0 radical (unpaired) electrons. The van der Waals surface area contributed by atoms with Gasteiger partial charge in [-0.2, -0.15) is 23.5 Å². The molecule has 2 aliphatic heterocycles. The van der Waals surface area contributed by atoms with Gasteiger partial charge in [-0.1, -0.05) is 30.2 Å². The molecule has 0 aromatic rings. The number of allylic oxidation sites excluding steroid dienone is 3. The van der Waals surface area contributed by atoms with Gasteiger partial charge in [0.2, 0.25) is 0 Å². The fourth-order valence-corrected chi connectivity index (χ4v) is 9.71. The van der Waals surface area contributed by atoms with Gasteiger partial charge < -0.3 is 18.9 Å². The topological polar surface area (TPSA) is 36.9 Å². The Morgan fingerprint density at radius 2 is 1.88 bits per heavy atom. The van der Waals surface area contributed by atoms with E-state index in [0.29, 0.717) is 17.9 Å². The first-order valence-corrected chi connectivity index (χ1v) is 15.2. The van der Waals surface area contributed by atoms with E-state index in [0.717, 1.165) is 39.3 Å². The van der Waals surface area contributed by atoms with Crippen molar-refractivity contribution in [2.45, 2.75) is 69.9 Å². The first-order chi connectivity index (χ1) is 15.7. The van der Waals surface area contributed by atoms with Crippen molar-refractivity contribution in [2.75, 3.05) is 43.5 Å². The summed E-state index contributed by atoms with van der Waals surface area (Å²) in [4.78, 5) is 0. The maximum Gasteiger partial charge on any atom is 0.102 e. The van der Waals surface area contributed by atoms with Gasteiger partial charge in [0.1, 0.15) is 6.10 Å². The highest BCUT2D eigenvalue weighted by molar-refractivity contribution is 8.15. The molecule has 32 heavy (non-hydrogen) atoms. The number of ether oxygens (including phenoxy) is 4. The van der Waals surface area contributed by atoms with Crippen molar-refractivity contribution < 1.29 is 18.9 Å². The van der Waals surface area contributed by atoms with Crippen LogP contribution in [-0.2, 0) is 18.9 Å². The summed E-state index contributed by atoms with van der Waals surface area (Å²) in [5.41, 5.74) is 3.79. The molecule has 2 saturated carbocycles. The van der Waals surface area contributed by atoms with Crippen LogP contribution in [0.1, 0.15) is 45.4 Å². The molecule has 2 heterocycles. The van der Waals surface area contributed by atoms with Crippen LogP contribution in [0.4, 0.5) is 0 Å². The van der Waals surface area contributed by atoms with Gasteiger partial charge in [0, 0.05) is 15.9 Å². The van der Waals surface area contributed by atoms with Gasteiger partial charge >= 0.3 is 0 Å². The average molecular weight is 479 g/mol. The van der Waals surface area contributed by atoms with Gasteiger partial charge in [-0.3, -0.25) is 0 Å². The summed E-state index contributed by atoms with van der Waals surface area (Å²) in [7, 11) is 0. The van der Waals surface area contributed by atoms with Crippen LogP contribution in [0.15, 0.2) is 23.3 Å². The van der Waals surface area contributed by atoms with Crippen LogP contribution in [0.3, 0.4) is 0 Å². The van der Waals surface area contributed by atoms with Crippen molar-refractivity contribution >= 4 is 23.5 Å². The Balaban J connectivity index is 1.35. The maximum absolute atomic E-state index is 6.34. The Labute approximate surface area is 201 Å². The third kappa shape index (κ3) is 3.50. The highest BCUT2D eigenvalue weighted by atomic mass is 32.2. The first-order valence-electron chi connectivity index (χ1n) is 12.6. The monoisotopic (exact) mass is 478 g/mol. The molecule has 4 unspecified atom stereocenters. The van der Waals surface area contributed by atoms with Gasteiger partial charge in [0.05, 0.1) is 44.7 Å². The lowest BCUT2D eigenvalue weighted by molar-refractivity contribution is -0.157. The fourth-order valence-electron chi connectivity index (χ4n) is 8.08. The summed E-state index contributed by atoms with van der Waals surface area (Å²) >= 11 is 4.04. The molecular formula is C26H38O4S2. The van der Waals surface area contributed by atoms with Crippen molar-refractivity contribution in [3.63, 3.8) is 0 Å². The first kappa shape index (κ1) is 22.5. The molecule has 0 amide bonds. The number of fused-ring (bicyclic) bond motifs is 8. The standard InChI is InChI=1S/C26H38O4S2/c1-25-6-5-19-18(20(25)14-22-24(25)30-11-10-28-22)4-3-17-13-21-23(29-9-8-27-21)15-26(17,19)7-12-32-16-31-2/h5,13,18,20-24H,3-4,6-12,14-16H2,1-2H3/t18-,20+,21?,22?,23?,24?,25+,26+/m1/s1. The van der Waals surface area contributed by atoms with E-state index in [2.05, 4.69) is 37.1 Å². The van der Waals surface area contributed by atoms with Gasteiger partial charge in [-0.15, -0.1) is 0 Å². The van der Waals surface area contributed by atoms with E-state index in [1.807, 2.05) is 11.8 Å². The number of hydrogen-bond acceptors (Lipinski definition) is 6. The lowest BCUT2D eigenvalue weighted by Crippen LogP contribution is -2.52. The minimum atomic E-state index is 0.160. The molecule has 6 rings (SSSR count). The highest BCUT2D eigenvalue weighted by Crippen LogP contribution is 2.65. The Bertz CT molecular complexity index is 784. The van der Waals surface area contributed by atoms with Crippen molar-refractivity contribution in [1.82, 2.24) is 0 Å². The molecule has 178 valence electrons. The molecule has 4 nitrogen and oxygen atoms in total. The Morgan fingerprint density at radius 1 is 1.06 bits per heavy atom. The van der Waals surface area contributed by atoms with Crippen molar-refractivity contribution in [1.29, 1.82) is 0 Å². The van der Waals surface area contributed by atoms with E-state index >= 15 is 0 Å².